The lowest BCUT2D eigenvalue weighted by molar-refractivity contribution is -0.112. The van der Waals surface area contributed by atoms with Crippen molar-refractivity contribution in [3.8, 4) is 0 Å². The molecule has 0 unspecified atom stereocenters. The molecule has 0 aromatic rings. The molecule has 2 rings (SSSR count). The largest absolute Gasteiger partial charge is 0.319 e. The van der Waals surface area contributed by atoms with Gasteiger partial charge in [0, 0.05) is 0 Å². The molecule has 1 saturated carbocycles. The Morgan fingerprint density at radius 1 is 1.25 bits per heavy atom. The number of allylic oxidation sites excluding steroid dienone is 2. The van der Waals surface area contributed by atoms with Crippen LogP contribution in [0.2, 0.25) is 0 Å². The van der Waals surface area contributed by atoms with Crippen LogP contribution in [0.15, 0.2) is 23.3 Å². The first kappa shape index (κ1) is 11.6. The molecule has 1 fully saturated rings. The highest BCUT2D eigenvalue weighted by Gasteiger charge is 2.31. The molecule has 2 aliphatic carbocycles. The minimum absolute atomic E-state index is 0.146. The molecule has 0 bridgehead atoms. The predicted octanol–water partition coefficient (Wildman–Crippen LogP) is 2.74. The highest BCUT2D eigenvalue weighted by atomic mass is 16.1. The fourth-order valence-corrected chi connectivity index (χ4v) is 3.12. The topological polar surface area (TPSA) is 43.1 Å². The van der Waals surface area contributed by atoms with Gasteiger partial charge in [-0.1, -0.05) is 37.8 Å². The Hall–Kier alpha value is -0.890. The summed E-state index contributed by atoms with van der Waals surface area (Å²) in [5.41, 5.74) is 7.61. The number of hydrogen-bond acceptors (Lipinski definition) is 2. The molecule has 16 heavy (non-hydrogen) atoms. The van der Waals surface area contributed by atoms with Crippen LogP contribution in [0.25, 0.3) is 0 Å². The molecule has 0 atom stereocenters. The van der Waals surface area contributed by atoms with Gasteiger partial charge in [0.25, 0.3) is 0 Å². The molecular formula is C14H21NO. The Morgan fingerprint density at radius 3 is 2.25 bits per heavy atom. The maximum atomic E-state index is 11.7. The highest BCUT2D eigenvalue weighted by Crippen LogP contribution is 2.34. The van der Waals surface area contributed by atoms with E-state index in [2.05, 4.69) is 0 Å². The van der Waals surface area contributed by atoms with Crippen molar-refractivity contribution in [2.24, 2.45) is 11.7 Å². The minimum Gasteiger partial charge on any atom is -0.319 e. The van der Waals surface area contributed by atoms with Crippen molar-refractivity contribution in [1.29, 1.82) is 0 Å². The monoisotopic (exact) mass is 219 g/mol. The van der Waals surface area contributed by atoms with Crippen molar-refractivity contribution in [3.63, 3.8) is 0 Å². The third-order valence-corrected chi connectivity index (χ3v) is 3.80. The summed E-state index contributed by atoms with van der Waals surface area (Å²) in [6, 6.07) is 0. The van der Waals surface area contributed by atoms with Crippen LogP contribution < -0.4 is 5.73 Å². The number of nitrogens with two attached hydrogens (primary N) is 1. The van der Waals surface area contributed by atoms with Crippen molar-refractivity contribution in [2.75, 3.05) is 0 Å². The van der Waals surface area contributed by atoms with Gasteiger partial charge in [0.1, 0.15) is 0 Å². The second-order valence-corrected chi connectivity index (χ2v) is 5.45. The van der Waals surface area contributed by atoms with Gasteiger partial charge in [-0.2, -0.15) is 0 Å². The lowest BCUT2D eigenvalue weighted by Gasteiger charge is -2.30. The molecule has 0 radical (unpaired) electrons. The molecular weight excluding hydrogens is 198 g/mol. The van der Waals surface area contributed by atoms with E-state index in [0.29, 0.717) is 0 Å². The van der Waals surface area contributed by atoms with Crippen molar-refractivity contribution in [3.05, 3.63) is 23.3 Å². The summed E-state index contributed by atoms with van der Waals surface area (Å²) in [7, 11) is 0. The Labute approximate surface area is 97.6 Å². The van der Waals surface area contributed by atoms with Gasteiger partial charge in [-0.25, -0.2) is 0 Å². The van der Waals surface area contributed by atoms with Crippen LogP contribution >= 0.6 is 0 Å². The van der Waals surface area contributed by atoms with Crippen LogP contribution in [0.3, 0.4) is 0 Å². The molecule has 0 spiro atoms. The van der Waals surface area contributed by atoms with Crippen LogP contribution in [-0.2, 0) is 4.79 Å². The smallest absolute Gasteiger partial charge is 0.183 e. The first-order valence-electron chi connectivity index (χ1n) is 6.23. The van der Waals surface area contributed by atoms with Crippen LogP contribution in [0.5, 0.6) is 0 Å². The summed E-state index contributed by atoms with van der Waals surface area (Å²) in [5.74, 6) is 0.888. The second-order valence-electron chi connectivity index (χ2n) is 5.45. The number of carbonyl (C=O) groups is 1. The molecule has 0 saturated heterocycles. The number of ketones is 1. The summed E-state index contributed by atoms with van der Waals surface area (Å²) >= 11 is 0. The van der Waals surface area contributed by atoms with E-state index in [4.69, 9.17) is 5.73 Å². The molecule has 0 amide bonds. The molecule has 2 heteroatoms. The van der Waals surface area contributed by atoms with E-state index in [1.165, 1.54) is 25.7 Å². The van der Waals surface area contributed by atoms with Gasteiger partial charge in [0.05, 0.1) is 5.54 Å². The molecule has 0 aliphatic heterocycles. The normalized spacial score (nSPS) is 25.6. The van der Waals surface area contributed by atoms with Gasteiger partial charge in [-0.05, 0) is 37.3 Å². The second kappa shape index (κ2) is 4.17. The number of rotatable bonds is 2. The summed E-state index contributed by atoms with van der Waals surface area (Å²) in [6.45, 7) is 3.74. The zero-order valence-corrected chi connectivity index (χ0v) is 10.3. The van der Waals surface area contributed by atoms with Gasteiger partial charge < -0.3 is 5.73 Å². The molecule has 0 aromatic carbocycles. The van der Waals surface area contributed by atoms with E-state index < -0.39 is 0 Å². The first-order valence-corrected chi connectivity index (χ1v) is 6.23. The quantitative estimate of drug-likeness (QED) is 0.776. The minimum atomic E-state index is -0.378. The number of hydrogen-bond donors (Lipinski definition) is 1. The van der Waals surface area contributed by atoms with E-state index in [-0.39, 0.29) is 11.3 Å². The number of Topliss-reactive ketones (excluding diaryl/α,β-unsaturated/α-hetero) is 1. The number of carbonyl (C=O) groups excluding carboxylic acids is 1. The van der Waals surface area contributed by atoms with Crippen LogP contribution in [0.4, 0.5) is 0 Å². The predicted molar refractivity (Wildman–Crippen MR) is 66.0 cm³/mol. The lowest BCUT2D eigenvalue weighted by Crippen LogP contribution is -2.40. The molecule has 2 N–H and O–H groups in total. The van der Waals surface area contributed by atoms with E-state index in [1.54, 1.807) is 0 Å². The van der Waals surface area contributed by atoms with Crippen LogP contribution in [0, 0.1) is 5.92 Å². The molecule has 2 nitrogen and oxygen atoms in total. The van der Waals surface area contributed by atoms with Gasteiger partial charge in [-0.15, -0.1) is 0 Å². The third kappa shape index (κ3) is 2.27. The van der Waals surface area contributed by atoms with Crippen molar-refractivity contribution >= 4 is 5.78 Å². The van der Waals surface area contributed by atoms with Crippen molar-refractivity contribution in [2.45, 2.75) is 51.5 Å². The SMILES string of the molecule is CC1=CC(N)(CC2CCCC2)C=C(C)C1=O. The maximum absolute atomic E-state index is 11.7. The Morgan fingerprint density at radius 2 is 1.75 bits per heavy atom. The molecule has 88 valence electrons. The van der Waals surface area contributed by atoms with Gasteiger partial charge >= 0.3 is 0 Å². The Kier molecular flexibility index (Phi) is 3.02. The highest BCUT2D eigenvalue weighted by molar-refractivity contribution is 6.08. The Balaban J connectivity index is 2.15. The lowest BCUT2D eigenvalue weighted by atomic mass is 9.80. The Bertz CT molecular complexity index is 337. The van der Waals surface area contributed by atoms with E-state index in [9.17, 15) is 4.79 Å². The van der Waals surface area contributed by atoms with Gasteiger partial charge in [0.15, 0.2) is 5.78 Å². The summed E-state index contributed by atoms with van der Waals surface area (Å²) < 4.78 is 0. The molecule has 2 aliphatic rings. The van der Waals surface area contributed by atoms with Gasteiger partial charge in [0.2, 0.25) is 0 Å². The van der Waals surface area contributed by atoms with E-state index >= 15 is 0 Å². The first-order chi connectivity index (χ1) is 7.50. The van der Waals surface area contributed by atoms with Crippen molar-refractivity contribution < 1.29 is 4.79 Å². The molecule has 0 aromatic heterocycles. The van der Waals surface area contributed by atoms with E-state index in [1.807, 2.05) is 26.0 Å². The fraction of sp³-hybridized carbons (Fsp3) is 0.643. The summed E-state index contributed by atoms with van der Waals surface area (Å²) in [5, 5.41) is 0. The van der Waals surface area contributed by atoms with E-state index in [0.717, 1.165) is 23.5 Å². The molecule has 0 heterocycles. The van der Waals surface area contributed by atoms with Crippen LogP contribution in [0.1, 0.15) is 46.0 Å². The third-order valence-electron chi connectivity index (χ3n) is 3.80. The average molecular weight is 219 g/mol. The average Bonchev–Trinajstić information content (AvgIpc) is 2.66. The zero-order chi connectivity index (χ0) is 11.8. The zero-order valence-electron chi connectivity index (χ0n) is 10.3. The standard InChI is InChI=1S/C14H21NO/c1-10-7-14(15,8-11(2)13(10)16)9-12-5-3-4-6-12/h7-8,12H,3-6,9,15H2,1-2H3. The fourth-order valence-electron chi connectivity index (χ4n) is 3.12. The maximum Gasteiger partial charge on any atom is 0.183 e. The van der Waals surface area contributed by atoms with Gasteiger partial charge in [-0.3, -0.25) is 4.79 Å². The summed E-state index contributed by atoms with van der Waals surface area (Å²) in [4.78, 5) is 11.7. The summed E-state index contributed by atoms with van der Waals surface area (Å²) in [6.07, 6.45) is 10.2. The van der Waals surface area contributed by atoms with Crippen LogP contribution in [-0.4, -0.2) is 11.3 Å². The van der Waals surface area contributed by atoms with Crippen molar-refractivity contribution in [1.82, 2.24) is 0 Å².